The lowest BCUT2D eigenvalue weighted by Crippen LogP contribution is -2.48. The van der Waals surface area contributed by atoms with E-state index in [9.17, 15) is 4.79 Å². The monoisotopic (exact) mass is 364 g/mol. The molecule has 0 unspecified atom stereocenters. The Hall–Kier alpha value is -2.37. The number of rotatable bonds is 4. The molecule has 2 aromatic rings. The van der Waals surface area contributed by atoms with Crippen molar-refractivity contribution in [2.45, 2.75) is 6.10 Å². The van der Waals surface area contributed by atoms with Crippen LogP contribution in [0.1, 0.15) is 5.56 Å². The number of benzene rings is 2. The third-order valence-electron chi connectivity index (χ3n) is 3.39. The fourth-order valence-electron chi connectivity index (χ4n) is 2.17. The van der Waals surface area contributed by atoms with Crippen molar-refractivity contribution in [2.75, 3.05) is 6.61 Å². The van der Waals surface area contributed by atoms with Crippen molar-refractivity contribution in [1.82, 2.24) is 10.9 Å². The number of ether oxygens (including phenoxy) is 2. The summed E-state index contributed by atoms with van der Waals surface area (Å²) in [6.45, 7) is 3.97. The summed E-state index contributed by atoms with van der Waals surface area (Å²) in [5.74, 6) is 0.770. The average molecular weight is 365 g/mol. The number of hydrogen-bond acceptors (Lipinski definition) is 4. The predicted octanol–water partition coefficient (Wildman–Crippen LogP) is 3.42. The molecule has 7 heteroatoms. The summed E-state index contributed by atoms with van der Waals surface area (Å²) >= 11 is 12.0. The van der Waals surface area contributed by atoms with Gasteiger partial charge in [-0.1, -0.05) is 41.9 Å². The molecule has 0 bridgehead atoms. The number of carbonyl (C=O) groups is 1. The standard InChI is InChI=1S/C17H14Cl2N2O3/c1-10(12-7-6-11(18)8-13(12)19)20-21-17(22)16-9-23-14-4-2-3-5-15(14)24-16/h2-8,16,20H,1,9H2,(H,21,22)/t16-/m1/s1. The summed E-state index contributed by atoms with van der Waals surface area (Å²) in [5.41, 5.74) is 6.33. The zero-order valence-corrected chi connectivity index (χ0v) is 14.0. The number of hydrogen-bond donors (Lipinski definition) is 2. The largest absolute Gasteiger partial charge is 0.485 e. The quantitative estimate of drug-likeness (QED) is 0.816. The van der Waals surface area contributed by atoms with E-state index < -0.39 is 6.10 Å². The Labute approximate surface area is 149 Å². The molecule has 24 heavy (non-hydrogen) atoms. The average Bonchev–Trinajstić information content (AvgIpc) is 2.59. The zero-order valence-electron chi connectivity index (χ0n) is 12.5. The molecule has 0 aromatic heterocycles. The summed E-state index contributed by atoms with van der Waals surface area (Å²) in [4.78, 5) is 12.2. The van der Waals surface area contributed by atoms with Crippen LogP contribution in [0, 0.1) is 0 Å². The van der Waals surface area contributed by atoms with Crippen LogP contribution in [0.2, 0.25) is 10.0 Å². The van der Waals surface area contributed by atoms with Crippen LogP contribution in [0.25, 0.3) is 5.70 Å². The molecule has 3 rings (SSSR count). The second-order valence-corrected chi connectivity index (χ2v) is 5.92. The molecular weight excluding hydrogens is 351 g/mol. The van der Waals surface area contributed by atoms with E-state index in [2.05, 4.69) is 17.4 Å². The van der Waals surface area contributed by atoms with E-state index in [0.717, 1.165) is 0 Å². The third kappa shape index (κ3) is 3.58. The molecule has 1 atom stereocenters. The maximum absolute atomic E-state index is 12.2. The van der Waals surface area contributed by atoms with Gasteiger partial charge in [-0.2, -0.15) is 0 Å². The minimum atomic E-state index is -0.763. The Kier molecular flexibility index (Phi) is 4.83. The van der Waals surface area contributed by atoms with Gasteiger partial charge in [0.05, 0.1) is 10.7 Å². The van der Waals surface area contributed by atoms with E-state index in [1.807, 2.05) is 12.1 Å². The first-order valence-electron chi connectivity index (χ1n) is 7.13. The van der Waals surface area contributed by atoms with Gasteiger partial charge in [0, 0.05) is 10.6 Å². The van der Waals surface area contributed by atoms with Gasteiger partial charge < -0.3 is 9.47 Å². The Morgan fingerprint density at radius 2 is 1.88 bits per heavy atom. The van der Waals surface area contributed by atoms with E-state index in [4.69, 9.17) is 32.7 Å². The molecule has 1 aliphatic rings. The van der Waals surface area contributed by atoms with Crippen molar-refractivity contribution in [3.63, 3.8) is 0 Å². The second-order valence-electron chi connectivity index (χ2n) is 5.08. The molecule has 1 heterocycles. The molecule has 2 N–H and O–H groups in total. The lowest BCUT2D eigenvalue weighted by atomic mass is 10.2. The first-order chi connectivity index (χ1) is 11.5. The van der Waals surface area contributed by atoms with E-state index in [0.29, 0.717) is 32.8 Å². The van der Waals surface area contributed by atoms with Gasteiger partial charge in [-0.3, -0.25) is 15.6 Å². The predicted molar refractivity (Wildman–Crippen MR) is 93.1 cm³/mol. The molecule has 1 aliphatic heterocycles. The fourth-order valence-corrected chi connectivity index (χ4v) is 2.69. The van der Waals surface area contributed by atoms with E-state index in [-0.39, 0.29) is 12.5 Å². The normalized spacial score (nSPS) is 15.5. The lowest BCUT2D eigenvalue weighted by molar-refractivity contribution is -0.131. The number of fused-ring (bicyclic) bond motifs is 1. The molecule has 1 amide bonds. The Balaban J connectivity index is 1.59. The van der Waals surface area contributed by atoms with Gasteiger partial charge in [0.1, 0.15) is 6.61 Å². The summed E-state index contributed by atoms with van der Waals surface area (Å²) in [6.07, 6.45) is -0.763. The Bertz CT molecular complexity index is 795. The highest BCUT2D eigenvalue weighted by molar-refractivity contribution is 6.35. The van der Waals surface area contributed by atoms with Gasteiger partial charge in [0.2, 0.25) is 6.10 Å². The molecule has 0 saturated heterocycles. The number of para-hydroxylation sites is 2. The van der Waals surface area contributed by atoms with Crippen LogP contribution in [0.5, 0.6) is 11.5 Å². The minimum absolute atomic E-state index is 0.124. The first kappa shape index (κ1) is 16.5. The number of hydrazine groups is 1. The highest BCUT2D eigenvalue weighted by atomic mass is 35.5. The third-order valence-corrected chi connectivity index (χ3v) is 3.94. The molecule has 0 fully saturated rings. The molecule has 124 valence electrons. The number of nitrogens with one attached hydrogen (secondary N) is 2. The molecule has 0 aliphatic carbocycles. The molecule has 0 radical (unpaired) electrons. The van der Waals surface area contributed by atoms with E-state index in [1.54, 1.807) is 30.3 Å². The van der Waals surface area contributed by atoms with Crippen molar-refractivity contribution in [3.8, 4) is 11.5 Å². The van der Waals surface area contributed by atoms with Crippen molar-refractivity contribution >= 4 is 34.8 Å². The fraction of sp³-hybridized carbons (Fsp3) is 0.118. The highest BCUT2D eigenvalue weighted by Crippen LogP contribution is 2.31. The molecule has 0 spiro atoms. The van der Waals surface area contributed by atoms with Crippen molar-refractivity contribution in [2.24, 2.45) is 0 Å². The number of halogens is 2. The summed E-state index contributed by atoms with van der Waals surface area (Å²) < 4.78 is 11.1. The van der Waals surface area contributed by atoms with Crippen LogP contribution in [0.3, 0.4) is 0 Å². The molecule has 2 aromatic carbocycles. The van der Waals surface area contributed by atoms with Gasteiger partial charge in [-0.15, -0.1) is 0 Å². The minimum Gasteiger partial charge on any atom is -0.485 e. The summed E-state index contributed by atoms with van der Waals surface area (Å²) in [7, 11) is 0. The van der Waals surface area contributed by atoms with Crippen molar-refractivity contribution in [1.29, 1.82) is 0 Å². The van der Waals surface area contributed by atoms with Gasteiger partial charge in [0.15, 0.2) is 11.5 Å². The van der Waals surface area contributed by atoms with Gasteiger partial charge in [-0.25, -0.2) is 0 Å². The molecular formula is C17H14Cl2N2O3. The maximum Gasteiger partial charge on any atom is 0.282 e. The van der Waals surface area contributed by atoms with Gasteiger partial charge in [0.25, 0.3) is 5.91 Å². The van der Waals surface area contributed by atoms with Crippen LogP contribution in [0.4, 0.5) is 0 Å². The lowest BCUT2D eigenvalue weighted by Gasteiger charge is -2.25. The van der Waals surface area contributed by atoms with Crippen LogP contribution in [-0.4, -0.2) is 18.6 Å². The number of carbonyl (C=O) groups excluding carboxylic acids is 1. The van der Waals surface area contributed by atoms with Crippen molar-refractivity contribution < 1.29 is 14.3 Å². The van der Waals surface area contributed by atoms with Crippen LogP contribution < -0.4 is 20.3 Å². The summed E-state index contributed by atoms with van der Waals surface area (Å²) in [6, 6.07) is 12.2. The highest BCUT2D eigenvalue weighted by Gasteiger charge is 2.27. The van der Waals surface area contributed by atoms with Crippen LogP contribution >= 0.6 is 23.2 Å². The Morgan fingerprint density at radius 1 is 1.12 bits per heavy atom. The number of amides is 1. The molecule has 5 nitrogen and oxygen atoms in total. The summed E-state index contributed by atoms with van der Waals surface area (Å²) in [5, 5.41) is 0.951. The smallest absolute Gasteiger partial charge is 0.282 e. The van der Waals surface area contributed by atoms with E-state index in [1.165, 1.54) is 0 Å². The SMILES string of the molecule is C=C(NNC(=O)[C@H]1COc2ccccc2O1)c1ccc(Cl)cc1Cl. The first-order valence-corrected chi connectivity index (χ1v) is 7.89. The van der Waals surface area contributed by atoms with E-state index >= 15 is 0 Å². The van der Waals surface area contributed by atoms with Gasteiger partial charge >= 0.3 is 0 Å². The maximum atomic E-state index is 12.2. The molecule has 0 saturated carbocycles. The second kappa shape index (κ2) is 7.03. The van der Waals surface area contributed by atoms with Gasteiger partial charge in [-0.05, 0) is 30.3 Å². The Morgan fingerprint density at radius 3 is 2.62 bits per heavy atom. The topological polar surface area (TPSA) is 59.6 Å². The van der Waals surface area contributed by atoms with Crippen molar-refractivity contribution in [3.05, 3.63) is 64.7 Å². The van der Waals surface area contributed by atoms with Crippen LogP contribution in [-0.2, 0) is 4.79 Å². The van der Waals surface area contributed by atoms with Crippen LogP contribution in [0.15, 0.2) is 49.0 Å². The zero-order chi connectivity index (χ0) is 17.1.